The molecular formula is C46H41BCl2N4NaO6. The number of rotatable bonds is 12. The third-order valence-electron chi connectivity index (χ3n) is 9.99. The molecule has 4 heterocycles. The number of anilines is 2. The molecule has 2 fully saturated rings. The van der Waals surface area contributed by atoms with Gasteiger partial charge in [-0.1, -0.05) is 59.6 Å². The summed E-state index contributed by atoms with van der Waals surface area (Å²) in [5.74, 6) is 0.843. The van der Waals surface area contributed by atoms with Gasteiger partial charge in [0.15, 0.2) is 17.9 Å². The van der Waals surface area contributed by atoms with Crippen molar-refractivity contribution in [2.75, 3.05) is 36.0 Å². The van der Waals surface area contributed by atoms with Crippen LogP contribution in [0.2, 0.25) is 10.0 Å². The van der Waals surface area contributed by atoms with Crippen molar-refractivity contribution in [3.8, 4) is 11.8 Å². The van der Waals surface area contributed by atoms with E-state index < -0.39 is 0 Å². The van der Waals surface area contributed by atoms with Crippen LogP contribution in [0.1, 0.15) is 62.0 Å². The molecule has 2 saturated heterocycles. The third-order valence-corrected chi connectivity index (χ3v) is 10.6. The zero-order chi connectivity index (χ0) is 40.4. The number of ether oxygens (including phenoxy) is 2. The number of carbonyl (C=O) groups excluding carboxylic acids is 3. The van der Waals surface area contributed by atoms with Crippen LogP contribution in [0.15, 0.2) is 134 Å². The fraction of sp³-hybridized carbons (Fsp3) is 0.196. The first-order valence-corrected chi connectivity index (χ1v) is 19.6. The molecular weight excluding hydrogens is 809 g/mol. The number of aromatic nitrogens is 2. The van der Waals surface area contributed by atoms with Gasteiger partial charge in [0.05, 0.1) is 29.7 Å². The second-order valence-electron chi connectivity index (χ2n) is 13.8. The molecule has 0 saturated carbocycles. The Labute approximate surface area is 384 Å². The van der Waals surface area contributed by atoms with E-state index in [2.05, 4.69) is 19.8 Å². The fourth-order valence-corrected chi connectivity index (χ4v) is 7.55. The van der Waals surface area contributed by atoms with Crippen LogP contribution in [0, 0.1) is 0 Å². The first-order chi connectivity index (χ1) is 28.3. The quantitative estimate of drug-likeness (QED) is 0.0989. The first-order valence-electron chi connectivity index (χ1n) is 18.9. The second kappa shape index (κ2) is 22.0. The van der Waals surface area contributed by atoms with Gasteiger partial charge < -0.3 is 25.8 Å². The Bertz CT molecular complexity index is 2400. The molecule has 299 valence electrons. The number of hydrogen-bond acceptors (Lipinski definition) is 10. The predicted molar refractivity (Wildman–Crippen MR) is 232 cm³/mol. The van der Waals surface area contributed by atoms with Gasteiger partial charge in [-0.2, -0.15) is 0 Å². The minimum absolute atomic E-state index is 0. The van der Waals surface area contributed by atoms with E-state index in [1.807, 2.05) is 48.5 Å². The van der Waals surface area contributed by atoms with Crippen LogP contribution >= 0.6 is 23.2 Å². The minimum atomic E-state index is -0.206. The number of aliphatic hydroxyl groups is 1. The minimum Gasteiger partial charge on any atom is -1.00 e. The number of aliphatic hydroxyl groups excluding tert-OH is 1. The van der Waals surface area contributed by atoms with Crippen LogP contribution in [0.5, 0.6) is 11.8 Å². The molecule has 2 aromatic heterocycles. The molecule has 2 aliphatic heterocycles. The molecule has 14 heteroatoms. The molecule has 3 radical (unpaired) electrons. The van der Waals surface area contributed by atoms with Crippen molar-refractivity contribution in [2.45, 2.75) is 31.7 Å². The van der Waals surface area contributed by atoms with E-state index in [1.165, 1.54) is 0 Å². The van der Waals surface area contributed by atoms with Gasteiger partial charge in [0.2, 0.25) is 11.8 Å². The molecule has 0 unspecified atom stereocenters. The maximum Gasteiger partial charge on any atom is 1.00 e. The normalized spacial score (nSPS) is 15.4. The van der Waals surface area contributed by atoms with Crippen molar-refractivity contribution >= 4 is 60.8 Å². The monoisotopic (exact) mass is 849 g/mol. The second-order valence-corrected chi connectivity index (χ2v) is 14.6. The van der Waals surface area contributed by atoms with Gasteiger partial charge in [-0.25, -0.2) is 9.97 Å². The Morgan fingerprint density at radius 2 is 1.15 bits per heavy atom. The number of ketones is 2. The van der Waals surface area contributed by atoms with Crippen molar-refractivity contribution in [3.63, 3.8) is 0 Å². The molecule has 0 amide bonds. The van der Waals surface area contributed by atoms with Crippen molar-refractivity contribution in [3.05, 3.63) is 177 Å². The zero-order valence-corrected chi connectivity index (χ0v) is 36.5. The number of halogens is 2. The molecule has 10 nitrogen and oxygen atoms in total. The molecule has 2 atom stereocenters. The van der Waals surface area contributed by atoms with Crippen molar-refractivity contribution in [1.29, 1.82) is 0 Å². The summed E-state index contributed by atoms with van der Waals surface area (Å²) in [6.45, 7) is 2.76. The largest absolute Gasteiger partial charge is 1.00 e. The average molecular weight is 851 g/mol. The van der Waals surface area contributed by atoms with E-state index in [-0.39, 0.29) is 69.8 Å². The van der Waals surface area contributed by atoms with Crippen LogP contribution in [0.25, 0.3) is 0 Å². The third kappa shape index (κ3) is 11.2. The van der Waals surface area contributed by atoms with E-state index in [1.54, 1.807) is 85.2 Å². The summed E-state index contributed by atoms with van der Waals surface area (Å²) in [7, 11) is 0. The van der Waals surface area contributed by atoms with E-state index in [0.717, 1.165) is 43.6 Å². The fourth-order valence-electron chi connectivity index (χ4n) is 7.10. The Balaban J connectivity index is 0.000000256. The molecule has 60 heavy (non-hydrogen) atoms. The molecule has 2 aliphatic rings. The Kier molecular flexibility index (Phi) is 16.9. The molecule has 0 spiro atoms. The van der Waals surface area contributed by atoms with Gasteiger partial charge >= 0.3 is 29.6 Å². The summed E-state index contributed by atoms with van der Waals surface area (Å²) >= 11 is 12.3. The van der Waals surface area contributed by atoms with Gasteiger partial charge in [-0.05, 0) is 72.8 Å². The molecule has 8 rings (SSSR count). The van der Waals surface area contributed by atoms with Crippen molar-refractivity contribution in [1.82, 2.24) is 9.97 Å². The van der Waals surface area contributed by atoms with E-state index in [0.29, 0.717) is 68.3 Å². The SMILES string of the molecule is O=C(c1ccc(N2CC[C@H](Oc3ccccn3)C2)c(CO)c1)c1ccccc1Cl.O=Cc1cc(C(=O)c2ccccc2Cl)ccc1N1CC[C@H](Oc2ccccn2)C1.[B].[H-].[Na+]. The number of benzene rings is 4. The van der Waals surface area contributed by atoms with Crippen LogP contribution in [0.4, 0.5) is 11.4 Å². The Hall–Kier alpha value is -5.01. The molecule has 4 aromatic carbocycles. The smallest absolute Gasteiger partial charge is 1.00 e. The summed E-state index contributed by atoms with van der Waals surface area (Å²) in [5, 5.41) is 10.7. The van der Waals surface area contributed by atoms with Crippen LogP contribution in [0.3, 0.4) is 0 Å². The van der Waals surface area contributed by atoms with E-state index >= 15 is 0 Å². The Morgan fingerprint density at radius 1 is 0.683 bits per heavy atom. The maximum absolute atomic E-state index is 12.8. The molecule has 6 aromatic rings. The van der Waals surface area contributed by atoms with Gasteiger partial charge in [-0.3, -0.25) is 14.4 Å². The topological polar surface area (TPSA) is 122 Å². The maximum atomic E-state index is 12.8. The van der Waals surface area contributed by atoms with E-state index in [9.17, 15) is 19.5 Å². The van der Waals surface area contributed by atoms with E-state index in [4.69, 9.17) is 32.7 Å². The number of carbonyl (C=O) groups is 3. The predicted octanol–water partition coefficient (Wildman–Crippen LogP) is 5.29. The van der Waals surface area contributed by atoms with Crippen LogP contribution in [-0.2, 0) is 6.61 Å². The van der Waals surface area contributed by atoms with Gasteiger partial charge in [-0.15, -0.1) is 0 Å². The first kappa shape index (κ1) is 46.1. The average Bonchev–Trinajstić information content (AvgIpc) is 3.94. The van der Waals surface area contributed by atoms with Crippen LogP contribution in [-0.4, -0.2) is 79.7 Å². The molecule has 0 aliphatic carbocycles. The van der Waals surface area contributed by atoms with Gasteiger partial charge in [0.25, 0.3) is 0 Å². The molecule has 1 N–H and O–H groups in total. The van der Waals surface area contributed by atoms with Crippen molar-refractivity contribution in [2.24, 2.45) is 0 Å². The number of hydrogen-bond donors (Lipinski definition) is 1. The summed E-state index contributed by atoms with van der Waals surface area (Å²) in [6.07, 6.45) is 5.90. The van der Waals surface area contributed by atoms with Crippen LogP contribution < -0.4 is 48.8 Å². The summed E-state index contributed by atoms with van der Waals surface area (Å²) in [5.41, 5.74) is 4.70. The zero-order valence-electron chi connectivity index (χ0n) is 34.0. The summed E-state index contributed by atoms with van der Waals surface area (Å²) < 4.78 is 11.9. The summed E-state index contributed by atoms with van der Waals surface area (Å²) in [6, 6.07) is 35.6. The molecule has 0 bridgehead atoms. The van der Waals surface area contributed by atoms with Crippen molar-refractivity contribution < 1.29 is 59.9 Å². The number of pyridine rings is 2. The standard InChI is InChI=1S/C23H21ClN2O3.C23H19ClN2O3.B.Na.H/c2*24-20-6-2-1-5-19(20)23(28)16-8-9-21(17(13-16)15-27)26-12-10-18(14-26)29-22-7-3-4-11-25-22;;;/h1-9,11,13,18,27H,10,12,14-15H2;1-9,11,13,15,18H,10,12,14H2;;;/q;;;+1;-1/t2*18-;;;/m00.../s1. The van der Waals surface area contributed by atoms with Gasteiger partial charge in [0.1, 0.15) is 12.2 Å². The Morgan fingerprint density at radius 3 is 1.62 bits per heavy atom. The number of nitrogens with zero attached hydrogens (tertiary/aromatic N) is 4. The van der Waals surface area contributed by atoms with Gasteiger partial charge in [0, 0.05) is 104 Å². The summed E-state index contributed by atoms with van der Waals surface area (Å²) in [4.78, 5) is 50.0. The number of aldehydes is 1.